The van der Waals surface area contributed by atoms with Gasteiger partial charge in [-0.1, -0.05) is 12.0 Å². The first-order valence-electron chi connectivity index (χ1n) is 10.3. The number of carbonyl (C=O) groups is 1. The first kappa shape index (κ1) is 25.4. The summed E-state index contributed by atoms with van der Waals surface area (Å²) in [6.07, 6.45) is 7.83. The normalized spacial score (nSPS) is 10.8. The average Bonchev–Trinajstić information content (AvgIpc) is 2.82. The van der Waals surface area contributed by atoms with E-state index in [2.05, 4.69) is 32.0 Å². The molecule has 0 atom stereocenters. The molecule has 0 bridgehead atoms. The van der Waals surface area contributed by atoms with E-state index in [4.69, 9.17) is 11.3 Å². The number of pyridine rings is 2. The van der Waals surface area contributed by atoms with Gasteiger partial charge in [-0.25, -0.2) is 23.9 Å². The average molecular weight is 499 g/mol. The van der Waals surface area contributed by atoms with Crippen molar-refractivity contribution in [1.29, 1.82) is 0 Å². The van der Waals surface area contributed by atoms with E-state index in [1.54, 1.807) is 25.1 Å². The van der Waals surface area contributed by atoms with Gasteiger partial charge in [0.05, 0.1) is 35.5 Å². The first-order chi connectivity index (χ1) is 16.6. The largest absolute Gasteiger partial charge is 0.353 e. The highest BCUT2D eigenvalue weighted by Gasteiger charge is 2.20. The summed E-state index contributed by atoms with van der Waals surface area (Å²) >= 11 is 0. The number of terminal acetylenes is 1. The number of benzene rings is 1. The number of halogens is 1. The molecule has 0 unspecified atom stereocenters. The van der Waals surface area contributed by atoms with E-state index in [-0.39, 0.29) is 35.2 Å². The van der Waals surface area contributed by atoms with Crippen molar-refractivity contribution >= 4 is 44.6 Å². The monoisotopic (exact) mass is 498 g/mol. The maximum absolute atomic E-state index is 13.5. The molecule has 3 aromatic rings. The van der Waals surface area contributed by atoms with Crippen molar-refractivity contribution in [1.82, 2.24) is 15.4 Å². The van der Waals surface area contributed by atoms with Crippen molar-refractivity contribution in [3.05, 3.63) is 65.7 Å². The van der Waals surface area contributed by atoms with Crippen LogP contribution >= 0.6 is 0 Å². The van der Waals surface area contributed by atoms with Crippen LogP contribution in [0, 0.1) is 18.3 Å². The standard InChI is InChI=1S/C23H23FN6O4S/c1-5-15-10-11-17(19(12-15)30(3)35(4,32)33)26-18-13-22(28-21-9-7-8-20(24)27-21)25-14-16(18)23(31)29-34-6-2/h1,7-14H,6H2,2-4H3,(H,29,31)(H2,25,26,27,28). The molecule has 0 radical (unpaired) electrons. The Kier molecular flexibility index (Phi) is 7.85. The number of sulfonamides is 1. The van der Waals surface area contributed by atoms with Gasteiger partial charge in [0.1, 0.15) is 11.6 Å². The molecule has 12 heteroatoms. The summed E-state index contributed by atoms with van der Waals surface area (Å²) in [5.41, 5.74) is 3.73. The van der Waals surface area contributed by atoms with Crippen molar-refractivity contribution in [2.45, 2.75) is 6.92 Å². The summed E-state index contributed by atoms with van der Waals surface area (Å²) in [4.78, 5) is 25.6. The van der Waals surface area contributed by atoms with Crippen molar-refractivity contribution < 1.29 is 22.4 Å². The molecule has 1 aromatic carbocycles. The molecule has 0 saturated carbocycles. The highest BCUT2D eigenvalue weighted by Crippen LogP contribution is 2.33. The second-order valence-corrected chi connectivity index (χ2v) is 9.20. The first-order valence-corrected chi connectivity index (χ1v) is 12.1. The van der Waals surface area contributed by atoms with E-state index in [0.717, 1.165) is 10.6 Å². The summed E-state index contributed by atoms with van der Waals surface area (Å²) in [6.45, 7) is 1.95. The minimum absolute atomic E-state index is 0.102. The van der Waals surface area contributed by atoms with Gasteiger partial charge in [-0.05, 0) is 37.3 Å². The van der Waals surface area contributed by atoms with Crippen LogP contribution in [0.25, 0.3) is 0 Å². The SMILES string of the molecule is C#Cc1ccc(Nc2cc(Nc3cccc(F)n3)ncc2C(=O)NOCC)c(N(C)S(C)(=O)=O)c1. The molecule has 35 heavy (non-hydrogen) atoms. The Hall–Kier alpha value is -4.21. The van der Waals surface area contributed by atoms with Gasteiger partial charge in [0.15, 0.2) is 0 Å². The molecular weight excluding hydrogens is 475 g/mol. The fourth-order valence-corrected chi connectivity index (χ4v) is 3.43. The van der Waals surface area contributed by atoms with E-state index in [1.165, 1.54) is 37.5 Å². The third-order valence-corrected chi connectivity index (χ3v) is 5.89. The maximum Gasteiger partial charge on any atom is 0.278 e. The number of anilines is 5. The van der Waals surface area contributed by atoms with E-state index in [0.29, 0.717) is 11.3 Å². The summed E-state index contributed by atoms with van der Waals surface area (Å²) in [5.74, 6) is 1.65. The van der Waals surface area contributed by atoms with Crippen LogP contribution in [0.1, 0.15) is 22.8 Å². The van der Waals surface area contributed by atoms with Crippen LogP contribution in [0.4, 0.5) is 33.1 Å². The van der Waals surface area contributed by atoms with Gasteiger partial charge < -0.3 is 10.6 Å². The van der Waals surface area contributed by atoms with Gasteiger partial charge in [0, 0.05) is 24.9 Å². The fourth-order valence-electron chi connectivity index (χ4n) is 2.92. The smallest absolute Gasteiger partial charge is 0.278 e. The number of hydrogen-bond acceptors (Lipinski definition) is 8. The third kappa shape index (κ3) is 6.44. The van der Waals surface area contributed by atoms with Crippen molar-refractivity contribution in [3.8, 4) is 12.3 Å². The molecule has 2 aromatic heterocycles. The third-order valence-electron chi connectivity index (χ3n) is 4.70. The number of carbonyl (C=O) groups excluding carboxylic acids is 1. The van der Waals surface area contributed by atoms with Gasteiger partial charge in [0.25, 0.3) is 5.91 Å². The topological polar surface area (TPSA) is 126 Å². The minimum atomic E-state index is -3.63. The zero-order valence-corrected chi connectivity index (χ0v) is 20.0. The summed E-state index contributed by atoms with van der Waals surface area (Å²) in [7, 11) is -2.25. The van der Waals surface area contributed by atoms with Crippen LogP contribution in [0.5, 0.6) is 0 Å². The molecule has 0 aliphatic carbocycles. The molecule has 0 aliphatic rings. The summed E-state index contributed by atoms with van der Waals surface area (Å²) in [6, 6.07) is 10.5. The number of nitrogens with zero attached hydrogens (tertiary/aromatic N) is 3. The minimum Gasteiger partial charge on any atom is -0.353 e. The zero-order chi connectivity index (χ0) is 25.6. The second kappa shape index (κ2) is 10.8. The fraction of sp³-hybridized carbons (Fsp3) is 0.174. The lowest BCUT2D eigenvalue weighted by Crippen LogP contribution is -2.26. The quantitative estimate of drug-likeness (QED) is 0.233. The highest BCUT2D eigenvalue weighted by atomic mass is 32.2. The molecule has 0 fully saturated rings. The second-order valence-electron chi connectivity index (χ2n) is 7.18. The molecule has 0 spiro atoms. The number of aromatic nitrogens is 2. The van der Waals surface area contributed by atoms with Crippen LogP contribution in [0.15, 0.2) is 48.7 Å². The number of hydroxylamine groups is 1. The maximum atomic E-state index is 13.5. The Bertz CT molecular complexity index is 1390. The lowest BCUT2D eigenvalue weighted by molar-refractivity contribution is 0.0365. The van der Waals surface area contributed by atoms with Crippen LogP contribution < -0.4 is 20.4 Å². The number of amides is 1. The molecule has 2 heterocycles. The number of hydrogen-bond donors (Lipinski definition) is 3. The number of rotatable bonds is 9. The molecule has 10 nitrogen and oxygen atoms in total. The predicted molar refractivity (Wildman–Crippen MR) is 132 cm³/mol. The Morgan fingerprint density at radius 2 is 1.94 bits per heavy atom. The van der Waals surface area contributed by atoms with Gasteiger partial charge in [0.2, 0.25) is 16.0 Å². The van der Waals surface area contributed by atoms with E-state index in [1.807, 2.05) is 0 Å². The Labute approximate surface area is 202 Å². The van der Waals surface area contributed by atoms with Gasteiger partial charge in [-0.15, -0.1) is 6.42 Å². The van der Waals surface area contributed by atoms with Crippen LogP contribution in [-0.2, 0) is 14.9 Å². The van der Waals surface area contributed by atoms with Gasteiger partial charge in [-0.3, -0.25) is 13.9 Å². The molecule has 182 valence electrons. The Morgan fingerprint density at radius 3 is 2.60 bits per heavy atom. The lowest BCUT2D eigenvalue weighted by Gasteiger charge is -2.22. The van der Waals surface area contributed by atoms with Crippen molar-refractivity contribution in [3.63, 3.8) is 0 Å². The van der Waals surface area contributed by atoms with Gasteiger partial charge in [-0.2, -0.15) is 4.39 Å². The van der Waals surface area contributed by atoms with E-state index in [9.17, 15) is 17.6 Å². The zero-order valence-electron chi connectivity index (χ0n) is 19.2. The summed E-state index contributed by atoms with van der Waals surface area (Å²) in [5, 5.41) is 5.94. The number of nitrogens with one attached hydrogen (secondary N) is 3. The molecule has 0 saturated heterocycles. The highest BCUT2D eigenvalue weighted by molar-refractivity contribution is 7.92. The predicted octanol–water partition coefficient (Wildman–Crippen LogP) is 3.16. The molecule has 3 rings (SSSR count). The van der Waals surface area contributed by atoms with Crippen LogP contribution in [0.3, 0.4) is 0 Å². The molecule has 0 aliphatic heterocycles. The Morgan fingerprint density at radius 1 is 1.17 bits per heavy atom. The van der Waals surface area contributed by atoms with Crippen molar-refractivity contribution in [2.75, 3.05) is 34.8 Å². The van der Waals surface area contributed by atoms with Gasteiger partial charge >= 0.3 is 0 Å². The van der Waals surface area contributed by atoms with E-state index < -0.39 is 21.9 Å². The molecular formula is C23H23FN6O4S. The Balaban J connectivity index is 2.07. The molecule has 3 N–H and O–H groups in total. The summed E-state index contributed by atoms with van der Waals surface area (Å²) < 4.78 is 39.0. The van der Waals surface area contributed by atoms with Crippen LogP contribution in [0.2, 0.25) is 0 Å². The van der Waals surface area contributed by atoms with E-state index >= 15 is 0 Å². The molecule has 1 amide bonds. The lowest BCUT2D eigenvalue weighted by atomic mass is 10.1. The van der Waals surface area contributed by atoms with Crippen LogP contribution in [-0.4, -0.2) is 44.2 Å². The van der Waals surface area contributed by atoms with Crippen molar-refractivity contribution in [2.24, 2.45) is 0 Å².